The van der Waals surface area contributed by atoms with Crippen molar-refractivity contribution in [3.63, 3.8) is 0 Å². The number of allylic oxidation sites excluding steroid dienone is 1. The smallest absolute Gasteiger partial charge is 0.138 e. The second kappa shape index (κ2) is 3.32. The van der Waals surface area contributed by atoms with E-state index in [9.17, 15) is 0 Å². The Kier molecular flexibility index (Phi) is 2.34. The quantitative estimate of drug-likeness (QED) is 0.598. The highest BCUT2D eigenvalue weighted by Gasteiger charge is 2.20. The van der Waals surface area contributed by atoms with Crippen LogP contribution in [0.25, 0.3) is 0 Å². The van der Waals surface area contributed by atoms with Crippen molar-refractivity contribution >= 4 is 45.5 Å². The van der Waals surface area contributed by atoms with E-state index < -0.39 is 0 Å². The molecule has 2 aliphatic rings. The molecule has 2 heterocycles. The van der Waals surface area contributed by atoms with E-state index in [4.69, 9.17) is 24.4 Å². The van der Waals surface area contributed by atoms with E-state index in [1.54, 1.807) is 11.8 Å². The molecule has 0 saturated carbocycles. The van der Waals surface area contributed by atoms with Crippen molar-refractivity contribution in [1.29, 1.82) is 0 Å². The summed E-state index contributed by atoms with van der Waals surface area (Å²) >= 11 is 11.7. The van der Waals surface area contributed by atoms with Gasteiger partial charge in [-0.15, -0.1) is 0 Å². The van der Waals surface area contributed by atoms with Gasteiger partial charge in [0.2, 0.25) is 0 Å². The molecule has 0 aromatic heterocycles. The molecule has 0 amide bonds. The monoisotopic (exact) mass is 216 g/mol. The summed E-state index contributed by atoms with van der Waals surface area (Å²) in [7, 11) is 0. The third-order valence-electron chi connectivity index (χ3n) is 1.86. The lowest BCUT2D eigenvalue weighted by Crippen LogP contribution is -2.18. The third-order valence-corrected chi connectivity index (χ3v) is 3.42. The molecule has 2 N–H and O–H groups in total. The Bertz CT molecular complexity index is 254. The Morgan fingerprint density at radius 3 is 2.42 bits per heavy atom. The van der Waals surface area contributed by atoms with Crippen molar-refractivity contribution in [2.75, 3.05) is 5.75 Å². The van der Waals surface area contributed by atoms with E-state index in [2.05, 4.69) is 10.6 Å². The molecule has 0 aliphatic carbocycles. The second-order valence-electron chi connectivity index (χ2n) is 2.71. The van der Waals surface area contributed by atoms with E-state index in [0.717, 1.165) is 27.9 Å². The third kappa shape index (κ3) is 1.62. The summed E-state index contributed by atoms with van der Waals surface area (Å²) in [5.74, 6) is 0.962. The fourth-order valence-electron chi connectivity index (χ4n) is 1.25. The van der Waals surface area contributed by atoms with Gasteiger partial charge in [0.1, 0.15) is 4.32 Å². The topological polar surface area (TPSA) is 24.1 Å². The van der Waals surface area contributed by atoms with Crippen molar-refractivity contribution < 1.29 is 0 Å². The van der Waals surface area contributed by atoms with Crippen LogP contribution in [0.1, 0.15) is 12.8 Å². The van der Waals surface area contributed by atoms with Crippen LogP contribution in [0.15, 0.2) is 11.4 Å². The summed E-state index contributed by atoms with van der Waals surface area (Å²) in [4.78, 5) is 0.946. The number of thiocarbonyl (C=S) groups is 2. The summed E-state index contributed by atoms with van der Waals surface area (Å²) in [5.41, 5.74) is 2.44. The molecule has 0 unspecified atom stereocenters. The lowest BCUT2D eigenvalue weighted by molar-refractivity contribution is 0.976. The van der Waals surface area contributed by atoms with Gasteiger partial charge in [0.25, 0.3) is 0 Å². The molecule has 0 bridgehead atoms. The molecule has 2 fully saturated rings. The van der Waals surface area contributed by atoms with E-state index in [1.165, 1.54) is 11.4 Å². The van der Waals surface area contributed by atoms with Crippen LogP contribution < -0.4 is 10.6 Å². The first-order valence-corrected chi connectivity index (χ1v) is 5.51. The minimum atomic E-state index is 0.872. The average molecular weight is 216 g/mol. The number of nitrogens with one attached hydrogen (secondary N) is 2. The first-order chi connectivity index (χ1) is 5.75. The molecule has 0 aromatic carbocycles. The lowest BCUT2D eigenvalue weighted by atomic mass is 10.3. The van der Waals surface area contributed by atoms with E-state index >= 15 is 0 Å². The Labute approximate surface area is 86.2 Å². The first-order valence-electron chi connectivity index (χ1n) is 3.71. The normalized spacial score (nSPS) is 29.0. The Morgan fingerprint density at radius 1 is 1.08 bits per heavy atom. The standard InChI is InChI=1S/C7H8N2S3/c10-6-2-1-4(8-6)5-3-12-7(11)9-5/h1-3H2,(H,8,10)(H,9,11)/b5-4+. The lowest BCUT2D eigenvalue weighted by Gasteiger charge is -2.03. The molecular formula is C7H8N2S3. The van der Waals surface area contributed by atoms with Gasteiger partial charge in [-0.25, -0.2) is 0 Å². The van der Waals surface area contributed by atoms with Gasteiger partial charge in [-0.2, -0.15) is 0 Å². The number of thioether (sulfide) groups is 1. The van der Waals surface area contributed by atoms with Crippen LogP contribution in [0.3, 0.4) is 0 Å². The largest absolute Gasteiger partial charge is 0.352 e. The number of hydrogen-bond donors (Lipinski definition) is 2. The number of hydrogen-bond acceptors (Lipinski definition) is 3. The molecule has 12 heavy (non-hydrogen) atoms. The van der Waals surface area contributed by atoms with Crippen molar-refractivity contribution in [2.45, 2.75) is 12.8 Å². The zero-order valence-corrected chi connectivity index (χ0v) is 8.80. The highest BCUT2D eigenvalue weighted by molar-refractivity contribution is 8.23. The van der Waals surface area contributed by atoms with E-state index in [-0.39, 0.29) is 0 Å². The van der Waals surface area contributed by atoms with Crippen LogP contribution in [0.5, 0.6) is 0 Å². The highest BCUT2D eigenvalue weighted by Crippen LogP contribution is 2.23. The van der Waals surface area contributed by atoms with Gasteiger partial charge in [-0.05, 0) is 6.42 Å². The fraction of sp³-hybridized carbons (Fsp3) is 0.429. The zero-order chi connectivity index (χ0) is 8.55. The van der Waals surface area contributed by atoms with Gasteiger partial charge in [-0.1, -0.05) is 36.2 Å². The van der Waals surface area contributed by atoms with Crippen LogP contribution in [0, 0.1) is 0 Å². The summed E-state index contributed by atoms with van der Waals surface area (Å²) in [6.07, 6.45) is 2.01. The molecule has 2 aliphatic heterocycles. The molecule has 0 radical (unpaired) electrons. The zero-order valence-electron chi connectivity index (χ0n) is 6.35. The molecule has 0 spiro atoms. The SMILES string of the molecule is S=C1CC/C(=C2/CSC(=S)N2)N1. The van der Waals surface area contributed by atoms with Crippen LogP contribution in [-0.2, 0) is 0 Å². The summed E-state index contributed by atoms with van der Waals surface area (Å²) < 4.78 is 0.872. The van der Waals surface area contributed by atoms with Crippen molar-refractivity contribution in [1.82, 2.24) is 10.6 Å². The van der Waals surface area contributed by atoms with Crippen LogP contribution in [0.4, 0.5) is 0 Å². The van der Waals surface area contributed by atoms with Gasteiger partial charge in [0.05, 0.1) is 4.99 Å². The van der Waals surface area contributed by atoms with Crippen molar-refractivity contribution in [2.24, 2.45) is 0 Å². The molecule has 2 rings (SSSR count). The van der Waals surface area contributed by atoms with Gasteiger partial charge in [0, 0.05) is 23.6 Å². The van der Waals surface area contributed by atoms with Gasteiger partial charge >= 0.3 is 0 Å². The fourth-order valence-corrected chi connectivity index (χ4v) is 2.50. The number of rotatable bonds is 0. The average Bonchev–Trinajstić information content (AvgIpc) is 2.58. The summed E-state index contributed by atoms with van der Waals surface area (Å²) in [6.45, 7) is 0. The van der Waals surface area contributed by atoms with Crippen LogP contribution in [-0.4, -0.2) is 15.1 Å². The predicted octanol–water partition coefficient (Wildman–Crippen LogP) is 1.53. The second-order valence-corrected chi connectivity index (χ2v) is 4.85. The Hall–Kier alpha value is -0.130. The molecule has 2 nitrogen and oxygen atoms in total. The van der Waals surface area contributed by atoms with Crippen molar-refractivity contribution in [3.8, 4) is 0 Å². The molecule has 64 valence electrons. The highest BCUT2D eigenvalue weighted by atomic mass is 32.2. The van der Waals surface area contributed by atoms with Crippen molar-refractivity contribution in [3.05, 3.63) is 11.4 Å². The van der Waals surface area contributed by atoms with Gasteiger partial charge in [0.15, 0.2) is 0 Å². The minimum Gasteiger partial charge on any atom is -0.352 e. The molecule has 5 heteroatoms. The van der Waals surface area contributed by atoms with E-state index in [1.807, 2.05) is 0 Å². The first kappa shape index (κ1) is 8.47. The van der Waals surface area contributed by atoms with E-state index in [0.29, 0.717) is 0 Å². The van der Waals surface area contributed by atoms with Crippen LogP contribution >= 0.6 is 36.2 Å². The summed E-state index contributed by atoms with van der Waals surface area (Å²) in [5, 5.41) is 6.36. The maximum atomic E-state index is 5.05. The summed E-state index contributed by atoms with van der Waals surface area (Å²) in [6, 6.07) is 0. The predicted molar refractivity (Wildman–Crippen MR) is 60.2 cm³/mol. The molecule has 0 aromatic rings. The molecule has 0 atom stereocenters. The maximum absolute atomic E-state index is 5.05. The maximum Gasteiger partial charge on any atom is 0.138 e. The van der Waals surface area contributed by atoms with Gasteiger partial charge in [-0.3, -0.25) is 0 Å². The Morgan fingerprint density at radius 2 is 1.92 bits per heavy atom. The molecular weight excluding hydrogens is 208 g/mol. The molecule has 2 saturated heterocycles. The van der Waals surface area contributed by atoms with Crippen LogP contribution in [0.2, 0.25) is 0 Å². The van der Waals surface area contributed by atoms with Gasteiger partial charge < -0.3 is 10.6 Å². The minimum absolute atomic E-state index is 0.872. The Balaban J connectivity index is 2.16.